The third-order valence-corrected chi connectivity index (χ3v) is 7.96. The minimum atomic E-state index is -1.12. The lowest BCUT2D eigenvalue weighted by Gasteiger charge is -2.48. The van der Waals surface area contributed by atoms with Gasteiger partial charge in [-0.3, -0.25) is 9.69 Å². The molecule has 1 amide bonds. The number of aliphatic carboxylic acids is 1. The van der Waals surface area contributed by atoms with Crippen molar-refractivity contribution in [1.29, 1.82) is 0 Å². The molecule has 2 aliphatic rings. The Morgan fingerprint density at radius 3 is 2.27 bits per heavy atom. The molecule has 0 aliphatic carbocycles. The Hall–Kier alpha value is -3.07. The zero-order chi connectivity index (χ0) is 30.6. The molecule has 0 spiro atoms. The van der Waals surface area contributed by atoms with Crippen molar-refractivity contribution in [2.24, 2.45) is 23.7 Å². The number of fused-ring (bicyclic) bond motifs is 3. The fraction of sp³-hybridized carbons (Fsp3) is 0.656. The topological polar surface area (TPSA) is 114 Å². The van der Waals surface area contributed by atoms with Crippen LogP contribution >= 0.6 is 0 Å². The second kappa shape index (κ2) is 13.3. The highest BCUT2D eigenvalue weighted by Crippen LogP contribution is 2.47. The molecule has 1 saturated heterocycles. The van der Waals surface area contributed by atoms with E-state index in [0.717, 1.165) is 31.5 Å². The zero-order valence-electron chi connectivity index (χ0n) is 26.1. The van der Waals surface area contributed by atoms with Crippen LogP contribution in [0.1, 0.15) is 78.5 Å². The first-order valence-electron chi connectivity index (χ1n) is 14.6. The lowest BCUT2D eigenvalue weighted by atomic mass is 9.71. The first-order chi connectivity index (χ1) is 19.1. The van der Waals surface area contributed by atoms with Crippen molar-refractivity contribution in [3.63, 3.8) is 0 Å². The van der Waals surface area contributed by atoms with Crippen molar-refractivity contribution >= 4 is 17.8 Å². The maximum absolute atomic E-state index is 13.3. The average molecular weight is 573 g/mol. The quantitative estimate of drug-likeness (QED) is 0.304. The maximum atomic E-state index is 13.3. The van der Waals surface area contributed by atoms with Crippen LogP contribution in [0.15, 0.2) is 23.8 Å². The van der Waals surface area contributed by atoms with Crippen molar-refractivity contribution in [3.05, 3.63) is 34.9 Å². The molecule has 9 nitrogen and oxygen atoms in total. The van der Waals surface area contributed by atoms with Gasteiger partial charge in [0.15, 0.2) is 11.5 Å². The summed E-state index contributed by atoms with van der Waals surface area (Å²) in [6, 6.07) is 3.12. The van der Waals surface area contributed by atoms with Crippen LogP contribution in [0.25, 0.3) is 0 Å². The third kappa shape index (κ3) is 8.03. The number of esters is 1. The molecule has 3 rings (SSSR count). The van der Waals surface area contributed by atoms with E-state index in [1.807, 2.05) is 26.0 Å². The number of ether oxygens (including phenoxy) is 3. The van der Waals surface area contributed by atoms with Gasteiger partial charge in [0.05, 0.1) is 14.2 Å². The van der Waals surface area contributed by atoms with Crippen molar-refractivity contribution in [1.82, 2.24) is 10.2 Å². The fourth-order valence-corrected chi connectivity index (χ4v) is 6.19. The minimum Gasteiger partial charge on any atom is -0.493 e. The number of rotatable bonds is 10. The van der Waals surface area contributed by atoms with Crippen molar-refractivity contribution in [2.45, 2.75) is 85.4 Å². The van der Waals surface area contributed by atoms with Crippen LogP contribution in [0, 0.1) is 23.7 Å². The Bertz CT molecular complexity index is 1150. The molecular weight excluding hydrogens is 524 g/mol. The van der Waals surface area contributed by atoms with E-state index in [0.29, 0.717) is 23.8 Å². The number of methoxy groups -OCH3 is 2. The largest absolute Gasteiger partial charge is 0.493 e. The molecule has 228 valence electrons. The minimum absolute atomic E-state index is 0.0112. The second-order valence-electron chi connectivity index (χ2n) is 13.1. The van der Waals surface area contributed by atoms with Gasteiger partial charge in [0.25, 0.3) is 0 Å². The number of nitrogens with one attached hydrogen (secondary N) is 1. The molecule has 0 unspecified atom stereocenters. The Morgan fingerprint density at radius 2 is 1.73 bits per heavy atom. The lowest BCUT2D eigenvalue weighted by Crippen LogP contribution is -2.48. The van der Waals surface area contributed by atoms with Gasteiger partial charge in [-0.2, -0.15) is 0 Å². The molecule has 2 heterocycles. The monoisotopic (exact) mass is 572 g/mol. The number of carboxylic acid groups (broad SMARTS) is 1. The highest BCUT2D eigenvalue weighted by molar-refractivity contribution is 5.99. The van der Waals surface area contributed by atoms with E-state index >= 15 is 0 Å². The molecule has 0 bridgehead atoms. The van der Waals surface area contributed by atoms with Crippen LogP contribution < -0.4 is 14.8 Å². The first-order valence-corrected chi connectivity index (χ1v) is 14.6. The summed E-state index contributed by atoms with van der Waals surface area (Å²) in [5, 5.41) is 13.1. The number of benzene rings is 1. The predicted molar refractivity (Wildman–Crippen MR) is 157 cm³/mol. The molecule has 9 heteroatoms. The molecule has 2 N–H and O–H groups in total. The summed E-state index contributed by atoms with van der Waals surface area (Å²) < 4.78 is 16.6. The van der Waals surface area contributed by atoms with E-state index in [1.165, 1.54) is 11.6 Å². The average Bonchev–Trinajstić information content (AvgIpc) is 2.87. The highest BCUT2D eigenvalue weighted by atomic mass is 16.6. The van der Waals surface area contributed by atoms with E-state index in [1.54, 1.807) is 35.0 Å². The van der Waals surface area contributed by atoms with Crippen LogP contribution in [-0.4, -0.2) is 66.8 Å². The molecule has 1 aromatic carbocycles. The molecule has 0 radical (unpaired) electrons. The van der Waals surface area contributed by atoms with Gasteiger partial charge in [-0.15, -0.1) is 0 Å². The molecule has 0 aromatic heterocycles. The van der Waals surface area contributed by atoms with Crippen LogP contribution in [0.4, 0.5) is 0 Å². The summed E-state index contributed by atoms with van der Waals surface area (Å²) in [6.45, 7) is 14.8. The number of nitrogens with zero attached hydrogens (tertiary/aromatic N) is 1. The Morgan fingerprint density at radius 1 is 1.10 bits per heavy atom. The van der Waals surface area contributed by atoms with Gasteiger partial charge in [-0.1, -0.05) is 27.7 Å². The van der Waals surface area contributed by atoms with E-state index in [4.69, 9.17) is 14.2 Å². The number of hydrogen-bond donors (Lipinski definition) is 2. The van der Waals surface area contributed by atoms with Gasteiger partial charge in [0, 0.05) is 30.8 Å². The van der Waals surface area contributed by atoms with Crippen LogP contribution in [0.3, 0.4) is 0 Å². The van der Waals surface area contributed by atoms with Gasteiger partial charge in [0.2, 0.25) is 5.91 Å². The summed E-state index contributed by atoms with van der Waals surface area (Å²) in [7, 11) is 3.23. The molecule has 2 aliphatic heterocycles. The van der Waals surface area contributed by atoms with E-state index in [9.17, 15) is 19.5 Å². The molecule has 4 atom stereocenters. The normalized spacial score (nSPS) is 22.0. The summed E-state index contributed by atoms with van der Waals surface area (Å²) in [5.41, 5.74) is 1.64. The zero-order valence-corrected chi connectivity index (χ0v) is 26.1. The molecule has 41 heavy (non-hydrogen) atoms. The Labute approximate surface area is 244 Å². The third-order valence-electron chi connectivity index (χ3n) is 7.96. The highest BCUT2D eigenvalue weighted by Gasteiger charge is 2.42. The summed E-state index contributed by atoms with van der Waals surface area (Å²) in [6.07, 6.45) is 3.46. The summed E-state index contributed by atoms with van der Waals surface area (Å²) in [5.74, 6) is -1.10. The van der Waals surface area contributed by atoms with Gasteiger partial charge < -0.3 is 24.6 Å². The van der Waals surface area contributed by atoms with Crippen LogP contribution in [0.2, 0.25) is 0 Å². The maximum Gasteiger partial charge on any atom is 0.332 e. The van der Waals surface area contributed by atoms with Gasteiger partial charge in [-0.05, 0) is 87.0 Å². The van der Waals surface area contributed by atoms with Gasteiger partial charge in [0.1, 0.15) is 11.6 Å². The van der Waals surface area contributed by atoms with Gasteiger partial charge in [-0.25, -0.2) is 9.59 Å². The molecule has 1 aromatic rings. The van der Waals surface area contributed by atoms with Crippen molar-refractivity contribution in [3.8, 4) is 11.5 Å². The number of piperidine rings is 1. The van der Waals surface area contributed by atoms with E-state index in [2.05, 4.69) is 24.1 Å². The Kier molecular flexibility index (Phi) is 10.5. The van der Waals surface area contributed by atoms with Crippen molar-refractivity contribution in [2.75, 3.05) is 27.3 Å². The molecule has 0 saturated carbocycles. The number of carbonyl (C=O) groups excluding carboxylic acids is 2. The fourth-order valence-electron chi connectivity index (χ4n) is 6.19. The number of carboxylic acids is 1. The second-order valence-corrected chi connectivity index (χ2v) is 13.1. The van der Waals surface area contributed by atoms with Crippen LogP contribution in [0.5, 0.6) is 11.5 Å². The van der Waals surface area contributed by atoms with Gasteiger partial charge >= 0.3 is 11.9 Å². The number of amides is 1. The van der Waals surface area contributed by atoms with Crippen LogP contribution in [-0.2, 0) is 25.5 Å². The summed E-state index contributed by atoms with van der Waals surface area (Å²) >= 11 is 0. The molecular formula is C32H48N2O7. The van der Waals surface area contributed by atoms with E-state index in [-0.39, 0.29) is 29.4 Å². The Balaban J connectivity index is 1.97. The predicted octanol–water partition coefficient (Wildman–Crippen LogP) is 4.78. The lowest BCUT2D eigenvalue weighted by molar-refractivity contribution is -0.159. The number of hydrogen-bond acceptors (Lipinski definition) is 7. The van der Waals surface area contributed by atoms with E-state index < -0.39 is 29.5 Å². The standard InChI is InChI=1S/C32H48N2O7/c1-18(2)12-21-17-34-11-10-20-13-26(39-8)27(40-9)15-23(20)25(34)14-22(21)24(30(36)37)16-28(35)33-29(19(3)4)31(38)41-32(5,6)7/h13,15-16,18-19,21-22,25,29H,10-12,14,17H2,1-9H3,(H,33,35)(H,36,37)/b24-16-/t21-,22+,25+,29-/m0/s1. The smallest absolute Gasteiger partial charge is 0.332 e. The SMILES string of the molecule is COc1cc2c(cc1OC)[C@H]1C[C@@H](/C(=C/C(=O)N[C@H](C(=O)OC(C)(C)C)C(C)C)C(=O)O)[C@@H](CC(C)C)CN1CC2. The van der Waals surface area contributed by atoms with Crippen molar-refractivity contribution < 1.29 is 33.7 Å². The molecule has 1 fully saturated rings. The summed E-state index contributed by atoms with van der Waals surface area (Å²) in [4.78, 5) is 41.2. The number of carbonyl (C=O) groups is 3. The first kappa shape index (κ1) is 32.4.